The molecule has 0 spiro atoms. The molecule has 1 rings (SSSR count). The van der Waals surface area contributed by atoms with Gasteiger partial charge in [-0.25, -0.2) is 0 Å². The second-order valence-corrected chi connectivity index (χ2v) is 4.68. The minimum absolute atomic E-state index is 0.318. The van der Waals surface area contributed by atoms with Gasteiger partial charge in [-0.3, -0.25) is 0 Å². The molecule has 0 amide bonds. The van der Waals surface area contributed by atoms with Crippen LogP contribution in [0.15, 0.2) is 24.3 Å². The summed E-state index contributed by atoms with van der Waals surface area (Å²) in [7, 11) is 1.73. The van der Waals surface area contributed by atoms with Crippen LogP contribution in [0.2, 0.25) is 5.02 Å². The van der Waals surface area contributed by atoms with Crippen molar-refractivity contribution in [1.82, 2.24) is 5.32 Å². The van der Waals surface area contributed by atoms with Gasteiger partial charge in [0.05, 0.1) is 0 Å². The number of hydrogen-bond donors (Lipinski definition) is 1. The van der Waals surface area contributed by atoms with E-state index in [1.54, 1.807) is 7.11 Å². The van der Waals surface area contributed by atoms with Crippen molar-refractivity contribution in [3.8, 4) is 0 Å². The molecular weight excluding hydrogens is 222 g/mol. The number of ether oxygens (including phenoxy) is 1. The molecule has 0 aliphatic carbocycles. The minimum Gasteiger partial charge on any atom is -0.384 e. The molecule has 0 saturated heterocycles. The standard InChI is InChI=1S/C13H20ClNO/c1-10(9-16-3)8-15-11(2)12-5-4-6-13(14)7-12/h4-7,10-11,15H,8-9H2,1-3H3/t10?,11-/m0/s1. The van der Waals surface area contributed by atoms with Gasteiger partial charge in [0.15, 0.2) is 0 Å². The van der Waals surface area contributed by atoms with Gasteiger partial charge in [-0.1, -0.05) is 30.7 Å². The van der Waals surface area contributed by atoms with Crippen LogP contribution in [0.1, 0.15) is 25.5 Å². The van der Waals surface area contributed by atoms with E-state index in [1.165, 1.54) is 5.56 Å². The molecule has 0 saturated carbocycles. The van der Waals surface area contributed by atoms with Crippen LogP contribution in [-0.2, 0) is 4.74 Å². The van der Waals surface area contributed by atoms with Crippen LogP contribution in [-0.4, -0.2) is 20.3 Å². The molecule has 90 valence electrons. The zero-order valence-electron chi connectivity index (χ0n) is 10.2. The monoisotopic (exact) mass is 241 g/mol. The van der Waals surface area contributed by atoms with Gasteiger partial charge in [-0.2, -0.15) is 0 Å². The highest BCUT2D eigenvalue weighted by atomic mass is 35.5. The molecule has 2 nitrogen and oxygen atoms in total. The molecule has 0 radical (unpaired) electrons. The van der Waals surface area contributed by atoms with Gasteiger partial charge in [-0.15, -0.1) is 0 Å². The van der Waals surface area contributed by atoms with E-state index in [0.29, 0.717) is 12.0 Å². The number of methoxy groups -OCH3 is 1. The molecule has 0 aliphatic heterocycles. The van der Waals surface area contributed by atoms with Crippen LogP contribution in [0.5, 0.6) is 0 Å². The van der Waals surface area contributed by atoms with E-state index in [-0.39, 0.29) is 0 Å². The average molecular weight is 242 g/mol. The van der Waals surface area contributed by atoms with Crippen LogP contribution in [0.4, 0.5) is 0 Å². The SMILES string of the molecule is COCC(C)CN[C@@H](C)c1cccc(Cl)c1. The third-order valence-electron chi connectivity index (χ3n) is 2.57. The molecule has 2 atom stereocenters. The fraction of sp³-hybridized carbons (Fsp3) is 0.538. The molecule has 0 bridgehead atoms. The highest BCUT2D eigenvalue weighted by Crippen LogP contribution is 2.17. The van der Waals surface area contributed by atoms with E-state index in [0.717, 1.165) is 18.2 Å². The zero-order valence-corrected chi connectivity index (χ0v) is 10.9. The first-order chi connectivity index (χ1) is 7.63. The highest BCUT2D eigenvalue weighted by molar-refractivity contribution is 6.30. The Morgan fingerprint density at radius 3 is 2.75 bits per heavy atom. The van der Waals surface area contributed by atoms with E-state index in [1.807, 2.05) is 18.2 Å². The molecule has 0 aromatic heterocycles. The van der Waals surface area contributed by atoms with Crippen molar-refractivity contribution in [2.24, 2.45) is 5.92 Å². The first-order valence-electron chi connectivity index (χ1n) is 5.61. The van der Waals surface area contributed by atoms with E-state index >= 15 is 0 Å². The number of nitrogens with one attached hydrogen (secondary N) is 1. The van der Waals surface area contributed by atoms with Crippen molar-refractivity contribution in [2.45, 2.75) is 19.9 Å². The summed E-state index contributed by atoms with van der Waals surface area (Å²) in [5.41, 5.74) is 1.22. The second-order valence-electron chi connectivity index (χ2n) is 4.25. The lowest BCUT2D eigenvalue weighted by Gasteiger charge is -2.17. The Balaban J connectivity index is 2.43. The topological polar surface area (TPSA) is 21.3 Å². The number of rotatable bonds is 6. The van der Waals surface area contributed by atoms with Crippen LogP contribution in [0, 0.1) is 5.92 Å². The second kappa shape index (κ2) is 6.89. The van der Waals surface area contributed by atoms with Crippen molar-refractivity contribution < 1.29 is 4.74 Å². The lowest BCUT2D eigenvalue weighted by molar-refractivity contribution is 0.157. The number of halogens is 1. The van der Waals surface area contributed by atoms with Gasteiger partial charge in [0.2, 0.25) is 0 Å². The summed E-state index contributed by atoms with van der Waals surface area (Å²) in [6.07, 6.45) is 0. The van der Waals surface area contributed by atoms with Gasteiger partial charge >= 0.3 is 0 Å². The maximum atomic E-state index is 5.95. The van der Waals surface area contributed by atoms with E-state index < -0.39 is 0 Å². The van der Waals surface area contributed by atoms with Crippen molar-refractivity contribution in [1.29, 1.82) is 0 Å². The summed E-state index contributed by atoms with van der Waals surface area (Å²) in [5, 5.41) is 4.26. The normalized spacial score (nSPS) is 14.8. The Bertz CT molecular complexity index is 317. The predicted octanol–water partition coefficient (Wildman–Crippen LogP) is 3.27. The maximum absolute atomic E-state index is 5.95. The Labute approximate surface area is 103 Å². The van der Waals surface area contributed by atoms with Gasteiger partial charge in [-0.05, 0) is 30.5 Å². The average Bonchev–Trinajstić information content (AvgIpc) is 2.26. The van der Waals surface area contributed by atoms with Crippen LogP contribution in [0.25, 0.3) is 0 Å². The number of hydrogen-bond acceptors (Lipinski definition) is 2. The van der Waals surface area contributed by atoms with Gasteiger partial charge in [0, 0.05) is 31.3 Å². The van der Waals surface area contributed by atoms with Gasteiger partial charge in [0.25, 0.3) is 0 Å². The minimum atomic E-state index is 0.318. The van der Waals surface area contributed by atoms with Crippen molar-refractivity contribution >= 4 is 11.6 Å². The number of benzene rings is 1. The summed E-state index contributed by atoms with van der Waals surface area (Å²) in [4.78, 5) is 0. The summed E-state index contributed by atoms with van der Waals surface area (Å²) >= 11 is 5.95. The quantitative estimate of drug-likeness (QED) is 0.826. The van der Waals surface area contributed by atoms with E-state index in [4.69, 9.17) is 16.3 Å². The first-order valence-corrected chi connectivity index (χ1v) is 5.99. The fourth-order valence-corrected chi connectivity index (χ4v) is 1.81. The maximum Gasteiger partial charge on any atom is 0.0499 e. The molecule has 0 aliphatic rings. The zero-order chi connectivity index (χ0) is 12.0. The molecule has 1 unspecified atom stereocenters. The third-order valence-corrected chi connectivity index (χ3v) is 2.81. The summed E-state index contributed by atoms with van der Waals surface area (Å²) < 4.78 is 5.10. The molecule has 16 heavy (non-hydrogen) atoms. The molecule has 0 heterocycles. The van der Waals surface area contributed by atoms with Gasteiger partial charge < -0.3 is 10.1 Å². The molecule has 1 N–H and O–H groups in total. The summed E-state index contributed by atoms with van der Waals surface area (Å²) in [6.45, 7) is 6.04. The lowest BCUT2D eigenvalue weighted by atomic mass is 10.1. The largest absolute Gasteiger partial charge is 0.384 e. The summed E-state index contributed by atoms with van der Waals surface area (Å²) in [6, 6.07) is 8.28. The smallest absolute Gasteiger partial charge is 0.0499 e. The molecular formula is C13H20ClNO. The molecule has 1 aromatic carbocycles. The van der Waals surface area contributed by atoms with Crippen LogP contribution >= 0.6 is 11.6 Å². The summed E-state index contributed by atoms with van der Waals surface area (Å²) in [5.74, 6) is 0.520. The third kappa shape index (κ3) is 4.52. The molecule has 0 fully saturated rings. The fourth-order valence-electron chi connectivity index (χ4n) is 1.62. The van der Waals surface area contributed by atoms with Crippen LogP contribution < -0.4 is 5.32 Å². The van der Waals surface area contributed by atoms with Gasteiger partial charge in [0.1, 0.15) is 0 Å². The molecule has 3 heteroatoms. The Morgan fingerprint density at radius 1 is 1.38 bits per heavy atom. The van der Waals surface area contributed by atoms with Crippen LogP contribution in [0.3, 0.4) is 0 Å². The Kier molecular flexibility index (Phi) is 5.81. The van der Waals surface area contributed by atoms with Crippen molar-refractivity contribution in [3.63, 3.8) is 0 Å². The molecule has 1 aromatic rings. The van der Waals surface area contributed by atoms with Crippen molar-refractivity contribution in [3.05, 3.63) is 34.9 Å². The first kappa shape index (κ1) is 13.5. The van der Waals surface area contributed by atoms with E-state index in [9.17, 15) is 0 Å². The Hall–Kier alpha value is -0.570. The Morgan fingerprint density at radius 2 is 2.12 bits per heavy atom. The predicted molar refractivity (Wildman–Crippen MR) is 68.9 cm³/mol. The highest BCUT2D eigenvalue weighted by Gasteiger charge is 2.07. The van der Waals surface area contributed by atoms with E-state index in [2.05, 4.69) is 25.2 Å². The van der Waals surface area contributed by atoms with Crippen molar-refractivity contribution in [2.75, 3.05) is 20.3 Å². The lowest BCUT2D eigenvalue weighted by Crippen LogP contribution is -2.26.